The number of rotatable bonds is 4. The van der Waals surface area contributed by atoms with E-state index in [0.717, 1.165) is 25.9 Å². The minimum atomic E-state index is -0.763. The highest BCUT2D eigenvalue weighted by Gasteiger charge is 2.45. The number of carbonyl (C=O) groups excluding carboxylic acids is 2. The molecule has 2 aliphatic rings. The number of hydrogen-bond donors (Lipinski definition) is 1. The van der Waals surface area contributed by atoms with E-state index in [1.54, 1.807) is 4.90 Å². The van der Waals surface area contributed by atoms with Gasteiger partial charge in [-0.1, -0.05) is 6.92 Å². The predicted octanol–water partition coefficient (Wildman–Crippen LogP) is 1.07. The van der Waals surface area contributed by atoms with Gasteiger partial charge in [-0.3, -0.25) is 9.59 Å². The van der Waals surface area contributed by atoms with Gasteiger partial charge in [-0.25, -0.2) is 0 Å². The second kappa shape index (κ2) is 5.49. The Morgan fingerprint density at radius 3 is 2.74 bits per heavy atom. The molecule has 2 unspecified atom stereocenters. The van der Waals surface area contributed by atoms with Crippen LogP contribution in [-0.2, 0) is 14.3 Å². The highest BCUT2D eigenvalue weighted by molar-refractivity contribution is 5.99. The first-order chi connectivity index (χ1) is 8.96. The Bertz CT molecular complexity index is 362. The van der Waals surface area contributed by atoms with Crippen molar-refractivity contribution < 1.29 is 14.3 Å². The van der Waals surface area contributed by atoms with Crippen LogP contribution in [0.5, 0.6) is 0 Å². The van der Waals surface area contributed by atoms with Gasteiger partial charge in [-0.05, 0) is 39.5 Å². The largest absolute Gasteiger partial charge is 0.378 e. The molecule has 2 heterocycles. The molecule has 0 aromatic carbocycles. The van der Waals surface area contributed by atoms with Gasteiger partial charge in [0.05, 0.1) is 6.10 Å². The number of nitrogens with zero attached hydrogens (tertiary/aromatic N) is 1. The lowest BCUT2D eigenvalue weighted by molar-refractivity contribution is -0.155. The average molecular weight is 268 g/mol. The summed E-state index contributed by atoms with van der Waals surface area (Å²) in [5.74, 6) is -0.0311. The van der Waals surface area contributed by atoms with E-state index in [1.807, 2.05) is 20.8 Å². The number of carbonyl (C=O) groups is 2. The van der Waals surface area contributed by atoms with E-state index < -0.39 is 5.54 Å². The van der Waals surface area contributed by atoms with E-state index in [0.29, 0.717) is 13.0 Å². The predicted molar refractivity (Wildman–Crippen MR) is 71.6 cm³/mol. The molecule has 1 N–H and O–H groups in total. The van der Waals surface area contributed by atoms with E-state index in [9.17, 15) is 9.59 Å². The van der Waals surface area contributed by atoms with E-state index >= 15 is 0 Å². The van der Waals surface area contributed by atoms with Crippen LogP contribution in [0.1, 0.15) is 46.5 Å². The molecule has 2 amide bonds. The van der Waals surface area contributed by atoms with Gasteiger partial charge in [-0.2, -0.15) is 0 Å². The van der Waals surface area contributed by atoms with Gasteiger partial charge in [0.1, 0.15) is 11.6 Å². The molecule has 5 nitrogen and oxygen atoms in total. The lowest BCUT2D eigenvalue weighted by atomic mass is 9.94. The summed E-state index contributed by atoms with van der Waals surface area (Å²) < 4.78 is 5.59. The zero-order chi connectivity index (χ0) is 14.0. The molecule has 2 atom stereocenters. The average Bonchev–Trinajstić information content (AvgIpc) is 2.86. The lowest BCUT2D eigenvalue weighted by Crippen LogP contribution is -2.68. The van der Waals surface area contributed by atoms with Crippen molar-refractivity contribution in [3.63, 3.8) is 0 Å². The molecule has 2 aliphatic heterocycles. The molecule has 5 heteroatoms. The summed E-state index contributed by atoms with van der Waals surface area (Å²) in [6, 6.07) is -0.370. The highest BCUT2D eigenvalue weighted by Crippen LogP contribution is 2.24. The van der Waals surface area contributed by atoms with Crippen molar-refractivity contribution in [3.05, 3.63) is 0 Å². The number of ether oxygens (including phenoxy) is 1. The maximum absolute atomic E-state index is 12.4. The standard InChI is InChI=1S/C14H24N2O3/c1-4-11-12(17)16(14(2,3)13(18)15-11)8-7-10-6-5-9-19-10/h10-11H,4-9H2,1-3H3,(H,15,18). The van der Waals surface area contributed by atoms with Gasteiger partial charge >= 0.3 is 0 Å². The van der Waals surface area contributed by atoms with Crippen molar-refractivity contribution in [3.8, 4) is 0 Å². The molecule has 0 bridgehead atoms. The molecule has 0 spiro atoms. The fourth-order valence-electron chi connectivity index (χ4n) is 2.79. The maximum Gasteiger partial charge on any atom is 0.246 e. The molecule has 0 aromatic heterocycles. The van der Waals surface area contributed by atoms with Crippen molar-refractivity contribution >= 4 is 11.8 Å². The Hall–Kier alpha value is -1.10. The molecule has 2 fully saturated rings. The summed E-state index contributed by atoms with van der Waals surface area (Å²) in [7, 11) is 0. The van der Waals surface area contributed by atoms with Crippen LogP contribution in [0.2, 0.25) is 0 Å². The van der Waals surface area contributed by atoms with Crippen LogP contribution in [0.4, 0.5) is 0 Å². The SMILES string of the molecule is CCC1NC(=O)C(C)(C)N(CCC2CCCO2)C1=O. The molecule has 0 radical (unpaired) electrons. The first-order valence-corrected chi connectivity index (χ1v) is 7.21. The molecular weight excluding hydrogens is 244 g/mol. The number of hydrogen-bond acceptors (Lipinski definition) is 3. The van der Waals surface area contributed by atoms with Crippen LogP contribution < -0.4 is 5.32 Å². The fourth-order valence-corrected chi connectivity index (χ4v) is 2.79. The first kappa shape index (κ1) is 14.3. The van der Waals surface area contributed by atoms with Crippen molar-refractivity contribution in [2.45, 2.75) is 64.1 Å². The molecule has 0 aliphatic carbocycles. The Morgan fingerprint density at radius 1 is 1.42 bits per heavy atom. The summed E-state index contributed by atoms with van der Waals surface area (Å²) in [5.41, 5.74) is -0.763. The van der Waals surface area contributed by atoms with Crippen molar-refractivity contribution in [1.29, 1.82) is 0 Å². The Balaban J connectivity index is 2.04. The van der Waals surface area contributed by atoms with Crippen LogP contribution in [0.15, 0.2) is 0 Å². The zero-order valence-corrected chi connectivity index (χ0v) is 12.1. The number of amides is 2. The Kier molecular flexibility index (Phi) is 4.13. The van der Waals surface area contributed by atoms with Crippen LogP contribution in [0, 0.1) is 0 Å². The quantitative estimate of drug-likeness (QED) is 0.829. The summed E-state index contributed by atoms with van der Waals surface area (Å²) >= 11 is 0. The monoisotopic (exact) mass is 268 g/mol. The van der Waals surface area contributed by atoms with Gasteiger partial charge in [0.15, 0.2) is 0 Å². The Labute approximate surface area is 114 Å². The second-order valence-electron chi connectivity index (χ2n) is 5.91. The molecule has 2 saturated heterocycles. The minimum Gasteiger partial charge on any atom is -0.378 e. The molecule has 19 heavy (non-hydrogen) atoms. The summed E-state index contributed by atoms with van der Waals surface area (Å²) in [6.07, 6.45) is 3.86. The first-order valence-electron chi connectivity index (χ1n) is 7.21. The second-order valence-corrected chi connectivity index (χ2v) is 5.91. The number of nitrogens with one attached hydrogen (secondary N) is 1. The summed E-state index contributed by atoms with van der Waals surface area (Å²) in [6.45, 7) is 6.95. The third-order valence-electron chi connectivity index (χ3n) is 4.21. The lowest BCUT2D eigenvalue weighted by Gasteiger charge is -2.44. The van der Waals surface area contributed by atoms with Crippen molar-refractivity contribution in [2.75, 3.05) is 13.2 Å². The normalized spacial score (nSPS) is 30.6. The summed E-state index contributed by atoms with van der Waals surface area (Å²) in [4.78, 5) is 26.2. The third-order valence-corrected chi connectivity index (χ3v) is 4.21. The number of piperazine rings is 1. The van der Waals surface area contributed by atoms with Crippen LogP contribution in [0.3, 0.4) is 0 Å². The molecule has 0 saturated carbocycles. The molecule has 0 aromatic rings. The molecular formula is C14H24N2O3. The van der Waals surface area contributed by atoms with Gasteiger partial charge in [0, 0.05) is 13.2 Å². The van der Waals surface area contributed by atoms with Crippen LogP contribution in [0.25, 0.3) is 0 Å². The zero-order valence-electron chi connectivity index (χ0n) is 12.1. The van der Waals surface area contributed by atoms with Crippen LogP contribution in [-0.4, -0.2) is 47.6 Å². The van der Waals surface area contributed by atoms with E-state index in [1.165, 1.54) is 0 Å². The van der Waals surface area contributed by atoms with Crippen molar-refractivity contribution in [2.24, 2.45) is 0 Å². The van der Waals surface area contributed by atoms with Gasteiger partial charge in [0.25, 0.3) is 0 Å². The smallest absolute Gasteiger partial charge is 0.246 e. The van der Waals surface area contributed by atoms with Crippen molar-refractivity contribution in [1.82, 2.24) is 10.2 Å². The minimum absolute atomic E-state index is 0.0325. The van der Waals surface area contributed by atoms with E-state index in [2.05, 4.69) is 5.32 Å². The third kappa shape index (κ3) is 2.76. The topological polar surface area (TPSA) is 58.6 Å². The van der Waals surface area contributed by atoms with Gasteiger partial charge < -0.3 is 15.0 Å². The molecule has 108 valence electrons. The van der Waals surface area contributed by atoms with E-state index in [4.69, 9.17) is 4.74 Å². The van der Waals surface area contributed by atoms with Gasteiger partial charge in [-0.15, -0.1) is 0 Å². The highest BCUT2D eigenvalue weighted by atomic mass is 16.5. The van der Waals surface area contributed by atoms with Gasteiger partial charge in [0.2, 0.25) is 11.8 Å². The maximum atomic E-state index is 12.4. The van der Waals surface area contributed by atoms with E-state index in [-0.39, 0.29) is 24.0 Å². The molecule has 2 rings (SSSR count). The fraction of sp³-hybridized carbons (Fsp3) is 0.857. The Morgan fingerprint density at radius 2 is 2.16 bits per heavy atom. The summed E-state index contributed by atoms with van der Waals surface area (Å²) in [5, 5.41) is 2.80. The van der Waals surface area contributed by atoms with Crippen LogP contribution >= 0.6 is 0 Å².